The molecule has 1 spiro atoms. The topological polar surface area (TPSA) is 90.0 Å². The van der Waals surface area contributed by atoms with Crippen LogP contribution in [0, 0.1) is 31.1 Å². The molecule has 3 rings (SSSR count). The minimum absolute atomic E-state index is 0.108. The van der Waals surface area contributed by atoms with E-state index in [1.165, 1.54) is 17.7 Å². The van der Waals surface area contributed by atoms with Gasteiger partial charge in [-0.1, -0.05) is 5.92 Å². The summed E-state index contributed by atoms with van der Waals surface area (Å²) in [5.74, 6) is 6.10. The third-order valence-electron chi connectivity index (χ3n) is 6.31. The Morgan fingerprint density at radius 2 is 1.72 bits per heavy atom. The zero-order chi connectivity index (χ0) is 23.7. The predicted molar refractivity (Wildman–Crippen MR) is 121 cm³/mol. The number of ether oxygens (including phenoxy) is 2. The largest absolute Gasteiger partial charge is 0.513 e. The van der Waals surface area contributed by atoms with Gasteiger partial charge in [-0.15, -0.1) is 5.92 Å². The number of Topliss-reactive ketones (excluding diaryl/α,β-unsaturated/α-hetero) is 1. The van der Waals surface area contributed by atoms with Gasteiger partial charge in [-0.3, -0.25) is 4.79 Å². The van der Waals surface area contributed by atoms with Crippen LogP contribution in [-0.2, 0) is 24.3 Å². The van der Waals surface area contributed by atoms with E-state index in [2.05, 4.69) is 11.8 Å². The number of nitrogens with zero attached hydrogens (tertiary/aromatic N) is 1. The number of ketones is 1. The molecule has 172 valence electrons. The molecule has 1 aliphatic heterocycles. The second kappa shape index (κ2) is 9.08. The van der Waals surface area contributed by atoms with Gasteiger partial charge in [-0.25, -0.2) is 17.5 Å². The molecule has 0 N–H and O–H groups in total. The molecule has 7 nitrogen and oxygen atoms in total. The van der Waals surface area contributed by atoms with Crippen molar-refractivity contribution in [1.82, 2.24) is 4.31 Å². The Bertz CT molecular complexity index is 1120. The number of aryl methyl sites for hydroxylation is 2. The number of carbonyl (C=O) groups excluding carboxylic acids is 2. The fourth-order valence-corrected chi connectivity index (χ4v) is 5.65. The van der Waals surface area contributed by atoms with Crippen molar-refractivity contribution in [2.75, 3.05) is 26.5 Å². The molecule has 0 bridgehead atoms. The average Bonchev–Trinajstić information content (AvgIpc) is 2.69. The minimum atomic E-state index is -3.29. The first-order valence-corrected chi connectivity index (χ1v) is 12.4. The Kier molecular flexibility index (Phi) is 6.82. The smallest absolute Gasteiger partial charge is 0.437 e. The fourth-order valence-electron chi connectivity index (χ4n) is 4.80. The zero-order valence-corrected chi connectivity index (χ0v) is 20.0. The average molecular weight is 460 g/mol. The number of carbonyl (C=O) groups is 2. The summed E-state index contributed by atoms with van der Waals surface area (Å²) < 4.78 is 35.5. The van der Waals surface area contributed by atoms with E-state index in [1.54, 1.807) is 6.92 Å². The van der Waals surface area contributed by atoms with Crippen LogP contribution in [0.5, 0.6) is 0 Å². The number of sulfonamides is 1. The number of allylic oxidation sites excluding steroid dienone is 2. The molecule has 1 saturated heterocycles. The van der Waals surface area contributed by atoms with Gasteiger partial charge in [0.25, 0.3) is 0 Å². The van der Waals surface area contributed by atoms with E-state index in [-0.39, 0.29) is 12.2 Å². The third-order valence-corrected chi connectivity index (χ3v) is 7.61. The summed E-state index contributed by atoms with van der Waals surface area (Å²) in [6.45, 7) is 6.27. The zero-order valence-electron chi connectivity index (χ0n) is 19.2. The van der Waals surface area contributed by atoms with Crippen LogP contribution in [0.15, 0.2) is 17.9 Å². The van der Waals surface area contributed by atoms with Gasteiger partial charge in [0.15, 0.2) is 5.78 Å². The Morgan fingerprint density at radius 1 is 1.12 bits per heavy atom. The molecular weight excluding hydrogens is 430 g/mol. The molecule has 2 aliphatic rings. The standard InChI is InChI=1S/C24H29NO6S/c1-6-7-18-12-16(2)21(17(3)13-18)22-19(26)14-24(15-20(22)31-23(27)30-4)8-10-25(11-9-24)32(5,28)29/h12-13H,8-11,14-15H2,1-5H3. The summed E-state index contributed by atoms with van der Waals surface area (Å²) in [7, 11) is -2.06. The van der Waals surface area contributed by atoms with Crippen molar-refractivity contribution in [3.05, 3.63) is 40.1 Å². The summed E-state index contributed by atoms with van der Waals surface area (Å²) >= 11 is 0. The molecular formula is C24H29NO6S. The highest BCUT2D eigenvalue weighted by Gasteiger charge is 2.45. The van der Waals surface area contributed by atoms with E-state index < -0.39 is 21.6 Å². The minimum Gasteiger partial charge on any atom is -0.437 e. The van der Waals surface area contributed by atoms with Gasteiger partial charge in [0.05, 0.1) is 18.9 Å². The first-order valence-electron chi connectivity index (χ1n) is 10.5. The molecule has 1 aromatic rings. The van der Waals surface area contributed by atoms with E-state index in [4.69, 9.17) is 9.47 Å². The lowest BCUT2D eigenvalue weighted by atomic mass is 9.66. The van der Waals surface area contributed by atoms with Crippen molar-refractivity contribution in [3.63, 3.8) is 0 Å². The second-order valence-corrected chi connectivity index (χ2v) is 10.6. The number of hydrogen-bond donors (Lipinski definition) is 0. The summed E-state index contributed by atoms with van der Waals surface area (Å²) in [6.07, 6.45) is 2.02. The van der Waals surface area contributed by atoms with Gasteiger partial charge in [0.2, 0.25) is 10.0 Å². The van der Waals surface area contributed by atoms with E-state index in [0.717, 1.165) is 22.3 Å². The van der Waals surface area contributed by atoms with Gasteiger partial charge < -0.3 is 9.47 Å². The number of benzene rings is 1. The maximum absolute atomic E-state index is 13.5. The van der Waals surface area contributed by atoms with E-state index in [1.807, 2.05) is 26.0 Å². The Labute approximate surface area is 189 Å². The summed E-state index contributed by atoms with van der Waals surface area (Å²) in [6, 6.07) is 3.84. The lowest BCUT2D eigenvalue weighted by molar-refractivity contribution is -0.117. The summed E-state index contributed by atoms with van der Waals surface area (Å²) in [5, 5.41) is 0. The van der Waals surface area contributed by atoms with Crippen molar-refractivity contribution in [3.8, 4) is 11.8 Å². The fraction of sp³-hybridized carbons (Fsp3) is 0.500. The molecule has 0 radical (unpaired) electrons. The van der Waals surface area contributed by atoms with Crippen molar-refractivity contribution in [2.45, 2.75) is 46.5 Å². The van der Waals surface area contributed by atoms with Crippen LogP contribution in [-0.4, -0.2) is 51.1 Å². The van der Waals surface area contributed by atoms with E-state index >= 15 is 0 Å². The molecule has 0 atom stereocenters. The maximum atomic E-state index is 13.5. The van der Waals surface area contributed by atoms with Crippen LogP contribution in [0.3, 0.4) is 0 Å². The molecule has 1 aliphatic carbocycles. The molecule has 1 aromatic carbocycles. The Morgan fingerprint density at radius 3 is 2.22 bits per heavy atom. The first-order chi connectivity index (χ1) is 15.0. The van der Waals surface area contributed by atoms with Gasteiger partial charge in [0.1, 0.15) is 5.76 Å². The van der Waals surface area contributed by atoms with Crippen molar-refractivity contribution in [1.29, 1.82) is 0 Å². The molecule has 1 heterocycles. The van der Waals surface area contributed by atoms with Gasteiger partial charge in [0, 0.05) is 31.5 Å². The van der Waals surface area contributed by atoms with Gasteiger partial charge in [-0.2, -0.15) is 0 Å². The molecule has 0 saturated carbocycles. The summed E-state index contributed by atoms with van der Waals surface area (Å²) in [5.41, 5.74) is 3.31. The van der Waals surface area contributed by atoms with Crippen LogP contribution < -0.4 is 0 Å². The lowest BCUT2D eigenvalue weighted by Gasteiger charge is -2.43. The Hall–Kier alpha value is -2.63. The molecule has 1 fully saturated rings. The van der Waals surface area contributed by atoms with Crippen molar-refractivity contribution >= 4 is 27.5 Å². The molecule has 32 heavy (non-hydrogen) atoms. The van der Waals surface area contributed by atoms with Gasteiger partial charge in [-0.05, 0) is 67.9 Å². The molecule has 0 unspecified atom stereocenters. The number of rotatable bonds is 3. The van der Waals surface area contributed by atoms with Crippen LogP contribution in [0.2, 0.25) is 0 Å². The summed E-state index contributed by atoms with van der Waals surface area (Å²) in [4.78, 5) is 25.5. The predicted octanol–water partition coefficient (Wildman–Crippen LogP) is 3.57. The van der Waals surface area contributed by atoms with Crippen LogP contribution in [0.4, 0.5) is 4.79 Å². The van der Waals surface area contributed by atoms with Crippen LogP contribution in [0.1, 0.15) is 54.9 Å². The van der Waals surface area contributed by atoms with E-state index in [9.17, 15) is 18.0 Å². The molecule has 0 amide bonds. The lowest BCUT2D eigenvalue weighted by Crippen LogP contribution is -2.45. The van der Waals surface area contributed by atoms with Crippen molar-refractivity contribution < 1.29 is 27.5 Å². The van der Waals surface area contributed by atoms with Crippen LogP contribution in [0.25, 0.3) is 5.57 Å². The normalized spacial score (nSPS) is 18.8. The molecule has 0 aromatic heterocycles. The van der Waals surface area contributed by atoms with E-state index in [0.29, 0.717) is 43.7 Å². The quantitative estimate of drug-likeness (QED) is 0.507. The highest BCUT2D eigenvalue weighted by molar-refractivity contribution is 7.88. The molecule has 8 heteroatoms. The monoisotopic (exact) mass is 459 g/mol. The highest BCUT2D eigenvalue weighted by Crippen LogP contribution is 2.48. The number of methoxy groups -OCH3 is 1. The number of hydrogen-bond acceptors (Lipinski definition) is 6. The SMILES string of the molecule is CC#Cc1cc(C)c(C2=C(OC(=O)OC)CC3(CCN(S(C)(=O)=O)CC3)CC2=O)c(C)c1. The Balaban J connectivity index is 2.06. The third kappa shape index (κ3) is 4.89. The second-order valence-electron chi connectivity index (χ2n) is 8.65. The van der Waals surface area contributed by atoms with Crippen molar-refractivity contribution in [2.24, 2.45) is 5.41 Å². The first kappa shape index (κ1) is 24.0. The maximum Gasteiger partial charge on any atom is 0.513 e. The highest BCUT2D eigenvalue weighted by atomic mass is 32.2. The van der Waals surface area contributed by atoms with Gasteiger partial charge >= 0.3 is 6.16 Å². The number of piperidine rings is 1. The van der Waals surface area contributed by atoms with Crippen LogP contribution >= 0.6 is 0 Å².